The largest absolute Gasteiger partial charge is 0.461 e. The van der Waals surface area contributed by atoms with Gasteiger partial charge in [-0.05, 0) is 31.5 Å². The highest BCUT2D eigenvalue weighted by atomic mass is 16.7. The van der Waals surface area contributed by atoms with Crippen molar-refractivity contribution < 1.29 is 43.9 Å². The predicted molar refractivity (Wildman–Crippen MR) is 125 cm³/mol. The lowest BCUT2D eigenvalue weighted by Crippen LogP contribution is -2.63. The summed E-state index contributed by atoms with van der Waals surface area (Å²) in [5, 5.41) is 34.7. The second-order valence-corrected chi connectivity index (χ2v) is 9.34. The number of benzene rings is 1. The molecule has 5 atom stereocenters. The number of carbonyl (C=O) groups is 2. The van der Waals surface area contributed by atoms with Crippen molar-refractivity contribution in [2.75, 3.05) is 31.6 Å². The fourth-order valence-corrected chi connectivity index (χ4v) is 3.74. The van der Waals surface area contributed by atoms with Gasteiger partial charge in [-0.25, -0.2) is 0 Å². The summed E-state index contributed by atoms with van der Waals surface area (Å²) in [6.07, 6.45) is -7.78. The van der Waals surface area contributed by atoms with E-state index in [9.17, 15) is 24.9 Å². The highest BCUT2D eigenvalue weighted by molar-refractivity contribution is 5.82. The predicted octanol–water partition coefficient (Wildman–Crippen LogP) is 0.251. The van der Waals surface area contributed by atoms with Gasteiger partial charge in [-0.15, -0.1) is 0 Å². The number of amides is 1. The molecule has 2 fully saturated rings. The van der Waals surface area contributed by atoms with Crippen molar-refractivity contribution in [2.45, 2.75) is 71.0 Å². The average molecular weight is 497 g/mol. The van der Waals surface area contributed by atoms with Crippen molar-refractivity contribution in [2.24, 2.45) is 5.92 Å². The number of anilines is 1. The minimum Gasteiger partial charge on any atom is -0.461 e. The fraction of sp³-hybridized carbons (Fsp3) is 0.667. The molecule has 0 saturated carbocycles. The topological polar surface area (TPSA) is 147 Å². The third-order valence-corrected chi connectivity index (χ3v) is 5.72. The van der Waals surface area contributed by atoms with E-state index in [0.29, 0.717) is 37.6 Å². The van der Waals surface area contributed by atoms with Crippen molar-refractivity contribution >= 4 is 17.6 Å². The Hall–Kier alpha value is -2.44. The van der Waals surface area contributed by atoms with E-state index < -0.39 is 36.6 Å². The van der Waals surface area contributed by atoms with E-state index >= 15 is 0 Å². The van der Waals surface area contributed by atoms with Crippen LogP contribution in [0.5, 0.6) is 5.75 Å². The zero-order valence-corrected chi connectivity index (χ0v) is 20.5. The Labute approximate surface area is 204 Å². The highest BCUT2D eigenvalue weighted by Gasteiger charge is 2.49. The third-order valence-electron chi connectivity index (χ3n) is 5.72. The number of ether oxygens (including phenoxy) is 4. The molecule has 2 aliphatic heterocycles. The summed E-state index contributed by atoms with van der Waals surface area (Å²) >= 11 is 0. The van der Waals surface area contributed by atoms with Crippen LogP contribution in [-0.2, 0) is 30.4 Å². The maximum absolute atomic E-state index is 13.0. The summed E-state index contributed by atoms with van der Waals surface area (Å²) in [7, 11) is 0. The lowest BCUT2D eigenvalue weighted by Gasteiger charge is -2.41. The van der Waals surface area contributed by atoms with Crippen LogP contribution < -0.4 is 10.1 Å². The Balaban J connectivity index is 1.81. The van der Waals surface area contributed by atoms with Crippen LogP contribution in [0.25, 0.3) is 0 Å². The van der Waals surface area contributed by atoms with Crippen molar-refractivity contribution in [1.82, 2.24) is 4.90 Å². The molecule has 0 bridgehead atoms. The number of rotatable bonds is 8. The van der Waals surface area contributed by atoms with Gasteiger partial charge in [0.1, 0.15) is 30.7 Å². The molecule has 0 radical (unpaired) electrons. The van der Waals surface area contributed by atoms with Gasteiger partial charge >= 0.3 is 5.97 Å². The number of esters is 1. The second kappa shape index (κ2) is 12.0. The van der Waals surface area contributed by atoms with E-state index in [2.05, 4.69) is 5.32 Å². The molecule has 1 aromatic rings. The summed E-state index contributed by atoms with van der Waals surface area (Å²) in [4.78, 5) is 26.3. The molecule has 2 heterocycles. The SMILES string of the molecule is CC(C)Nc1ccc(COC(=O)C(C)C)cc1O[C@@H]1O[C@H](C(=O)N2CCOCC2)[C@@H](O)[C@H](O)[C@H]1O. The molecule has 11 nitrogen and oxygen atoms in total. The summed E-state index contributed by atoms with van der Waals surface area (Å²) in [6.45, 7) is 8.74. The van der Waals surface area contributed by atoms with Gasteiger partial charge in [0.25, 0.3) is 5.91 Å². The molecular weight excluding hydrogens is 460 g/mol. The molecule has 11 heteroatoms. The molecule has 196 valence electrons. The molecule has 35 heavy (non-hydrogen) atoms. The van der Waals surface area contributed by atoms with Gasteiger partial charge in [0.2, 0.25) is 6.29 Å². The van der Waals surface area contributed by atoms with E-state index in [4.69, 9.17) is 18.9 Å². The quantitative estimate of drug-likeness (QED) is 0.369. The maximum atomic E-state index is 13.0. The molecule has 3 rings (SSSR count). The number of morpholine rings is 1. The lowest BCUT2D eigenvalue weighted by molar-refractivity contribution is -0.269. The number of carbonyl (C=O) groups excluding carboxylic acids is 2. The van der Waals surface area contributed by atoms with Crippen molar-refractivity contribution in [3.8, 4) is 5.75 Å². The molecule has 4 N–H and O–H groups in total. The monoisotopic (exact) mass is 496 g/mol. The summed E-state index contributed by atoms with van der Waals surface area (Å²) in [5.41, 5.74) is 1.21. The van der Waals surface area contributed by atoms with E-state index in [0.717, 1.165) is 0 Å². The highest BCUT2D eigenvalue weighted by Crippen LogP contribution is 2.32. The first kappa shape index (κ1) is 27.2. The van der Waals surface area contributed by atoms with Crippen molar-refractivity contribution in [3.05, 3.63) is 23.8 Å². The van der Waals surface area contributed by atoms with Crippen LogP contribution in [0.1, 0.15) is 33.3 Å². The maximum Gasteiger partial charge on any atom is 0.308 e. The molecule has 2 saturated heterocycles. The van der Waals surface area contributed by atoms with Gasteiger partial charge in [0.15, 0.2) is 6.10 Å². The summed E-state index contributed by atoms with van der Waals surface area (Å²) in [5.74, 6) is -0.867. The average Bonchev–Trinajstić information content (AvgIpc) is 2.83. The van der Waals surface area contributed by atoms with Gasteiger partial charge in [-0.2, -0.15) is 0 Å². The Bertz CT molecular complexity index is 873. The van der Waals surface area contributed by atoms with Crippen LogP contribution in [-0.4, -0.2) is 95.1 Å². The molecule has 0 spiro atoms. The molecule has 0 aromatic heterocycles. The van der Waals surface area contributed by atoms with Crippen molar-refractivity contribution in [1.29, 1.82) is 0 Å². The summed E-state index contributed by atoms with van der Waals surface area (Å²) in [6, 6.07) is 5.18. The minimum absolute atomic E-state index is 0.0168. The van der Waals surface area contributed by atoms with Crippen LogP contribution in [0.4, 0.5) is 5.69 Å². The Kier molecular flexibility index (Phi) is 9.31. The molecule has 1 aromatic carbocycles. The Morgan fingerprint density at radius 3 is 2.40 bits per heavy atom. The number of nitrogens with one attached hydrogen (secondary N) is 1. The van der Waals surface area contributed by atoms with Gasteiger partial charge in [-0.1, -0.05) is 19.9 Å². The van der Waals surface area contributed by atoms with Crippen LogP contribution in [0, 0.1) is 5.92 Å². The molecule has 1 amide bonds. The van der Waals surface area contributed by atoms with Gasteiger partial charge in [0, 0.05) is 19.1 Å². The van der Waals surface area contributed by atoms with Gasteiger partial charge in [0.05, 0.1) is 24.8 Å². The zero-order chi connectivity index (χ0) is 25.7. The first-order valence-corrected chi connectivity index (χ1v) is 11.9. The first-order valence-electron chi connectivity index (χ1n) is 11.9. The van der Waals surface area contributed by atoms with Crippen LogP contribution >= 0.6 is 0 Å². The van der Waals surface area contributed by atoms with E-state index in [1.807, 2.05) is 13.8 Å². The lowest BCUT2D eigenvalue weighted by atomic mass is 9.97. The fourth-order valence-electron chi connectivity index (χ4n) is 3.74. The standard InChI is InChI=1S/C24H36N2O9/c1-13(2)23(31)33-12-15-5-6-16(25-14(3)4)17(11-15)34-24-20(29)18(27)19(28)21(35-24)22(30)26-7-9-32-10-8-26/h5-6,11,13-14,18-21,24-25,27-29H,7-10,12H2,1-4H3/t18-,19-,20+,21-,24+/m0/s1. The van der Waals surface area contributed by atoms with E-state index in [1.54, 1.807) is 32.0 Å². The van der Waals surface area contributed by atoms with E-state index in [1.165, 1.54) is 4.90 Å². The van der Waals surface area contributed by atoms with Gasteiger partial charge < -0.3 is 44.5 Å². The van der Waals surface area contributed by atoms with Crippen LogP contribution in [0.15, 0.2) is 18.2 Å². The molecule has 0 aliphatic carbocycles. The van der Waals surface area contributed by atoms with Crippen LogP contribution in [0.2, 0.25) is 0 Å². The number of hydrogen-bond acceptors (Lipinski definition) is 10. The first-order chi connectivity index (χ1) is 16.6. The second-order valence-electron chi connectivity index (χ2n) is 9.34. The number of aliphatic hydroxyl groups excluding tert-OH is 3. The zero-order valence-electron chi connectivity index (χ0n) is 20.5. The number of nitrogens with zero attached hydrogens (tertiary/aromatic N) is 1. The summed E-state index contributed by atoms with van der Waals surface area (Å²) < 4.78 is 22.2. The molecule has 2 aliphatic rings. The molecule has 0 unspecified atom stereocenters. The third kappa shape index (κ3) is 6.83. The molecular formula is C24H36N2O9. The Morgan fingerprint density at radius 1 is 1.09 bits per heavy atom. The van der Waals surface area contributed by atoms with E-state index in [-0.39, 0.29) is 30.3 Å². The normalized spacial score (nSPS) is 27.1. The minimum atomic E-state index is -1.67. The smallest absolute Gasteiger partial charge is 0.308 e. The number of aliphatic hydroxyl groups is 3. The Morgan fingerprint density at radius 2 is 1.77 bits per heavy atom. The van der Waals surface area contributed by atoms with Gasteiger partial charge in [-0.3, -0.25) is 9.59 Å². The number of hydrogen-bond donors (Lipinski definition) is 4. The van der Waals surface area contributed by atoms with Crippen LogP contribution in [0.3, 0.4) is 0 Å². The van der Waals surface area contributed by atoms with Crippen molar-refractivity contribution in [3.63, 3.8) is 0 Å².